The van der Waals surface area contributed by atoms with Crippen molar-refractivity contribution < 1.29 is 13.0 Å². The lowest BCUT2D eigenvalue weighted by Gasteiger charge is -1.97. The summed E-state index contributed by atoms with van der Waals surface area (Å²) < 4.78 is 28.9. The first-order chi connectivity index (χ1) is 6.56. The zero-order valence-corrected chi connectivity index (χ0v) is 9.59. The lowest BCUT2D eigenvalue weighted by Crippen LogP contribution is -1.88. The fraction of sp³-hybridized carbons (Fsp3) is 0.800. The summed E-state index contributed by atoms with van der Waals surface area (Å²) in [5.74, 6) is 0. The lowest BCUT2D eigenvalue weighted by molar-refractivity contribution is 0.494. The number of hydrogen-bond donors (Lipinski definition) is 1. The first-order valence-electron chi connectivity index (χ1n) is 5.20. The summed E-state index contributed by atoms with van der Waals surface area (Å²) >= 11 is 0. The molecule has 0 bridgehead atoms. The van der Waals surface area contributed by atoms with Crippen molar-refractivity contribution in [2.24, 2.45) is 0 Å². The predicted molar refractivity (Wildman–Crippen MR) is 58.7 cm³/mol. The van der Waals surface area contributed by atoms with E-state index in [1.165, 1.54) is 31.8 Å². The topological polar surface area (TPSA) is 54.4 Å². The SMILES string of the molecule is CCCCCCCCC=CS(=O)(=O)O. The van der Waals surface area contributed by atoms with Crippen LogP contribution in [0.25, 0.3) is 0 Å². The van der Waals surface area contributed by atoms with Gasteiger partial charge in [0.25, 0.3) is 10.1 Å². The van der Waals surface area contributed by atoms with Crippen LogP contribution in [0, 0.1) is 0 Å². The van der Waals surface area contributed by atoms with E-state index in [0.29, 0.717) is 0 Å². The van der Waals surface area contributed by atoms with Crippen LogP contribution < -0.4 is 0 Å². The molecule has 0 radical (unpaired) electrons. The Balaban J connectivity index is 3.26. The van der Waals surface area contributed by atoms with Crippen molar-refractivity contribution in [2.75, 3.05) is 0 Å². The summed E-state index contributed by atoms with van der Waals surface area (Å²) in [5.41, 5.74) is 0. The van der Waals surface area contributed by atoms with Gasteiger partial charge in [-0.3, -0.25) is 4.55 Å². The summed E-state index contributed by atoms with van der Waals surface area (Å²) in [6.45, 7) is 2.18. The van der Waals surface area contributed by atoms with Crippen LogP contribution in [0.1, 0.15) is 51.9 Å². The van der Waals surface area contributed by atoms with Crippen molar-refractivity contribution >= 4 is 10.1 Å². The standard InChI is InChI=1S/C10H20O3S/c1-2-3-4-5-6-7-8-9-10-14(11,12)13/h9-10H,2-8H2,1H3,(H,11,12,13). The molecule has 0 atom stereocenters. The minimum Gasteiger partial charge on any atom is -0.282 e. The molecule has 0 aromatic carbocycles. The molecule has 0 rings (SSSR count). The van der Waals surface area contributed by atoms with E-state index in [1.54, 1.807) is 0 Å². The highest BCUT2D eigenvalue weighted by Gasteiger charge is 1.94. The fourth-order valence-corrected chi connectivity index (χ4v) is 1.61. The first-order valence-corrected chi connectivity index (χ1v) is 6.70. The van der Waals surface area contributed by atoms with E-state index < -0.39 is 10.1 Å². The van der Waals surface area contributed by atoms with E-state index in [1.807, 2.05) is 0 Å². The van der Waals surface area contributed by atoms with Crippen molar-refractivity contribution in [1.82, 2.24) is 0 Å². The Morgan fingerprint density at radius 1 is 1.07 bits per heavy atom. The Kier molecular flexibility index (Phi) is 7.80. The van der Waals surface area contributed by atoms with Crippen LogP contribution in [0.2, 0.25) is 0 Å². The Morgan fingerprint density at radius 3 is 2.21 bits per heavy atom. The summed E-state index contributed by atoms with van der Waals surface area (Å²) in [6, 6.07) is 0. The van der Waals surface area contributed by atoms with E-state index in [9.17, 15) is 8.42 Å². The van der Waals surface area contributed by atoms with Crippen LogP contribution in [0.5, 0.6) is 0 Å². The Bertz CT molecular complexity index is 242. The van der Waals surface area contributed by atoms with Crippen molar-refractivity contribution in [3.63, 3.8) is 0 Å². The zero-order chi connectivity index (χ0) is 10.9. The van der Waals surface area contributed by atoms with E-state index in [4.69, 9.17) is 4.55 Å². The molecule has 0 aromatic heterocycles. The third-order valence-corrected chi connectivity index (χ3v) is 2.53. The molecule has 84 valence electrons. The second-order valence-electron chi connectivity index (χ2n) is 3.44. The maximum absolute atomic E-state index is 10.3. The van der Waals surface area contributed by atoms with Gasteiger partial charge in [-0.1, -0.05) is 45.1 Å². The number of hydrogen-bond acceptors (Lipinski definition) is 2. The molecule has 0 spiro atoms. The van der Waals surface area contributed by atoms with Crippen LogP contribution in [0.3, 0.4) is 0 Å². The molecule has 0 unspecified atom stereocenters. The average molecular weight is 220 g/mol. The lowest BCUT2D eigenvalue weighted by atomic mass is 10.1. The van der Waals surface area contributed by atoms with Gasteiger partial charge in [0.1, 0.15) is 0 Å². The number of allylic oxidation sites excluding steroid dienone is 1. The van der Waals surface area contributed by atoms with Gasteiger partial charge in [0.2, 0.25) is 0 Å². The Labute approximate surface area is 87.0 Å². The maximum Gasteiger partial charge on any atom is 0.287 e. The average Bonchev–Trinajstić information content (AvgIpc) is 2.08. The molecule has 0 heterocycles. The normalized spacial score (nSPS) is 12.4. The van der Waals surface area contributed by atoms with Gasteiger partial charge < -0.3 is 0 Å². The largest absolute Gasteiger partial charge is 0.287 e. The Hall–Kier alpha value is -0.350. The van der Waals surface area contributed by atoms with Gasteiger partial charge in [-0.05, 0) is 12.8 Å². The van der Waals surface area contributed by atoms with Crippen LogP contribution in [0.15, 0.2) is 11.5 Å². The summed E-state index contributed by atoms with van der Waals surface area (Å²) in [6.07, 6.45) is 9.36. The third-order valence-electron chi connectivity index (χ3n) is 1.99. The quantitative estimate of drug-likeness (QED) is 0.505. The highest BCUT2D eigenvalue weighted by molar-refractivity contribution is 7.88. The first kappa shape index (κ1) is 13.7. The van der Waals surface area contributed by atoms with Crippen molar-refractivity contribution in [2.45, 2.75) is 51.9 Å². The zero-order valence-electron chi connectivity index (χ0n) is 8.78. The van der Waals surface area contributed by atoms with E-state index in [2.05, 4.69) is 6.92 Å². The third kappa shape index (κ3) is 11.6. The molecule has 0 saturated heterocycles. The molecular formula is C10H20O3S. The molecule has 4 heteroatoms. The molecular weight excluding hydrogens is 200 g/mol. The van der Waals surface area contributed by atoms with Crippen molar-refractivity contribution in [3.8, 4) is 0 Å². The molecule has 3 nitrogen and oxygen atoms in total. The van der Waals surface area contributed by atoms with Crippen LogP contribution in [-0.4, -0.2) is 13.0 Å². The van der Waals surface area contributed by atoms with Crippen LogP contribution in [-0.2, 0) is 10.1 Å². The second-order valence-corrected chi connectivity index (χ2v) is 4.75. The van der Waals surface area contributed by atoms with E-state index in [-0.39, 0.29) is 0 Å². The van der Waals surface area contributed by atoms with Crippen LogP contribution in [0.4, 0.5) is 0 Å². The summed E-state index contributed by atoms with van der Waals surface area (Å²) in [4.78, 5) is 0. The minimum absolute atomic E-state index is 0.728. The predicted octanol–water partition coefficient (Wildman–Crippen LogP) is 3.14. The van der Waals surface area contributed by atoms with Gasteiger partial charge in [0, 0.05) is 0 Å². The highest BCUT2D eigenvalue weighted by atomic mass is 32.2. The highest BCUT2D eigenvalue weighted by Crippen LogP contribution is 2.07. The second kappa shape index (κ2) is 8.00. The Morgan fingerprint density at radius 2 is 1.64 bits per heavy atom. The van der Waals surface area contributed by atoms with Gasteiger partial charge in [0.15, 0.2) is 0 Å². The fourth-order valence-electron chi connectivity index (χ4n) is 1.23. The van der Waals surface area contributed by atoms with Crippen molar-refractivity contribution in [1.29, 1.82) is 0 Å². The van der Waals surface area contributed by atoms with E-state index in [0.717, 1.165) is 24.7 Å². The van der Waals surface area contributed by atoms with Crippen LogP contribution >= 0.6 is 0 Å². The number of unbranched alkanes of at least 4 members (excludes halogenated alkanes) is 6. The van der Waals surface area contributed by atoms with Gasteiger partial charge in [0.05, 0.1) is 5.41 Å². The van der Waals surface area contributed by atoms with Crippen molar-refractivity contribution in [3.05, 3.63) is 11.5 Å². The monoisotopic (exact) mass is 220 g/mol. The smallest absolute Gasteiger partial charge is 0.282 e. The minimum atomic E-state index is -3.91. The molecule has 0 aliphatic carbocycles. The molecule has 0 fully saturated rings. The molecule has 0 aliphatic rings. The van der Waals surface area contributed by atoms with Gasteiger partial charge >= 0.3 is 0 Å². The maximum atomic E-state index is 10.3. The molecule has 14 heavy (non-hydrogen) atoms. The molecule has 1 N–H and O–H groups in total. The molecule has 0 amide bonds. The molecule has 0 aromatic rings. The van der Waals surface area contributed by atoms with Gasteiger partial charge in [-0.2, -0.15) is 8.42 Å². The summed E-state index contributed by atoms with van der Waals surface area (Å²) in [7, 11) is -3.91. The molecule has 0 saturated carbocycles. The van der Waals surface area contributed by atoms with Gasteiger partial charge in [-0.25, -0.2) is 0 Å². The van der Waals surface area contributed by atoms with E-state index >= 15 is 0 Å². The van der Waals surface area contributed by atoms with Gasteiger partial charge in [-0.15, -0.1) is 0 Å². The molecule has 0 aliphatic heterocycles. The number of rotatable bonds is 8. The summed E-state index contributed by atoms with van der Waals surface area (Å²) in [5, 5.41) is 0.860.